The van der Waals surface area contributed by atoms with Crippen molar-refractivity contribution >= 4 is 92.5 Å². The van der Waals surface area contributed by atoms with Gasteiger partial charge in [0.2, 0.25) is 47.2 Å². The Bertz CT molecular complexity index is 6470. The minimum atomic E-state index is -0.895. The van der Waals surface area contributed by atoms with Gasteiger partial charge in [-0.3, -0.25) is 28.8 Å². The number of nitrogens with one attached hydrogen (secondary N) is 4. The number of benzene rings is 4. The second-order valence-corrected chi connectivity index (χ2v) is 46.9. The zero-order chi connectivity index (χ0) is 102. The normalized spacial score (nSPS) is 25.4. The van der Waals surface area contributed by atoms with Crippen LogP contribution in [0.4, 0.5) is 34.4 Å². The zero-order valence-electron chi connectivity index (χ0n) is 85.0. The maximum Gasteiger partial charge on any atom is 0.246 e. The number of nitrogens with two attached hydrogens (primary N) is 2. The summed E-state index contributed by atoms with van der Waals surface area (Å²) in [5, 5.41) is 76.1. The topological polar surface area (TPSA) is 431 Å². The van der Waals surface area contributed by atoms with Crippen LogP contribution in [0.15, 0.2) is 145 Å². The summed E-state index contributed by atoms with van der Waals surface area (Å²) in [5.41, 5.74) is 28.2. The summed E-state index contributed by atoms with van der Waals surface area (Å²) in [7, 11) is 0. The number of phenolic OH excluding ortho intramolecular Hbond substituents is 2. The number of aromatic hydroxyl groups is 2. The van der Waals surface area contributed by atoms with Crippen molar-refractivity contribution in [2.75, 3.05) is 96.5 Å². The SMILES string of the molecule is Cc1ncsc1-c1ccc(CNC(=O)[C@@H]2C[C@@H](O)CN2C(=O)[C@@H](NC(=O)C2CCC(N3CCC(Oc4ccc(N5C6CCC5CN(c5cc(-c7cc(-c8cccc(-c9cc(N%10CC%11CCC(C%10)N%11c%10ccnc(OC%11CCN(C%12CC%13(CC(C(=O)N[C@H](C(=O)N%14C[C@H](O)C[C@H]%14C(=O)NCc%14ccc(-c%15scnc%15C)cc%14)C(C)(C)C)C%13)C%12)CC%11)c%10)c(N)nn9)c8O)ccc7O)nnc5N)C6)cn4)CC3)CC2)C(C)(C)C)cc1. The number of piperidine rings is 2. The monoisotopic (exact) mass is 2030 g/mol. The third-order valence-electron chi connectivity index (χ3n) is 33.3. The number of rotatable bonds is 27. The molecule has 12 N–H and O–H groups in total. The highest BCUT2D eigenvalue weighted by molar-refractivity contribution is 7.13. The fourth-order valence-electron chi connectivity index (χ4n) is 25.3. The van der Waals surface area contributed by atoms with Gasteiger partial charge in [0, 0.05) is 180 Å². The number of thiazole rings is 2. The number of aliphatic hydroxyl groups is 2. The Hall–Kier alpha value is -12.7. The number of amides is 6. The molecule has 11 fully saturated rings. The predicted molar refractivity (Wildman–Crippen MR) is 565 cm³/mol. The molecule has 11 aliphatic rings. The fourth-order valence-corrected chi connectivity index (χ4v) is 26.9. The summed E-state index contributed by atoms with van der Waals surface area (Å²) in [6, 6.07) is 36.6. The molecule has 21 rings (SSSR count). The van der Waals surface area contributed by atoms with E-state index in [1.54, 1.807) is 34.8 Å². The number of hydrogen-bond acceptors (Lipinski definition) is 30. The Morgan fingerprint density at radius 3 is 1.41 bits per heavy atom. The number of fused-ring (bicyclic) bond motifs is 4. The number of hydrogen-bond donors (Lipinski definition) is 10. The van der Waals surface area contributed by atoms with E-state index in [4.69, 9.17) is 30.9 Å². The van der Waals surface area contributed by atoms with Crippen LogP contribution < -0.4 is 61.8 Å². The molecule has 4 unspecified atom stereocenters. The van der Waals surface area contributed by atoms with Gasteiger partial charge in [-0.05, 0) is 203 Å². The number of ether oxygens (including phenoxy) is 2. The van der Waals surface area contributed by atoms with Crippen molar-refractivity contribution in [3.63, 3.8) is 0 Å². The molecule has 0 radical (unpaired) electrons. The standard InChI is InChI=1S/C111H136N22O12S2/c1-63-97(146-61-118-63)67-16-12-65(13-17-67)52-116-105(140)91-44-80(134)59-130(91)107(142)99(109(3,4)5)120-103(138)69-20-23-72(24-21-69)126-38-33-82(34-39-126)144-94-31-29-74(54-115-94)133-77-27-28-78(133)58-129(57-77)90-47-88(123-125-102(90)113)86-42-70(22-30-93(86)136)84-10-9-11-85(96(84)137)87-46-89(101(112)124-122-87)128-55-75-25-26-76(56-128)132(75)73-32-37-114-95(43-73)145-83-35-40-127(41-36-83)79-50-111(51-79)48-71(49-111)104(139)121-100(110(6,7)8)108(143)131-60-81(135)45-92(131)106(141)117-53-66-14-18-68(19-15-66)98-64(2)119-62-147-98/h9-19,22,29-32,37,42-43,46-47,54,61-62,69,71-72,75-83,91-92,99-100,134-137H,20-21,23-28,33-36,38-41,44-45,48-53,55-60H2,1-8H3,(H2,112,124)(H2,113,125)(H,116,140)(H,117,141)(H,120,138)(H,121,139)/t69?,71?,72?,75?,76?,77?,78?,79?,80-,81-,91+,92+,99-,100-,111?/m1/s1. The van der Waals surface area contributed by atoms with Crippen molar-refractivity contribution in [1.29, 1.82) is 0 Å². The Kier molecular flexibility index (Phi) is 28.2. The Morgan fingerprint density at radius 1 is 0.463 bits per heavy atom. The van der Waals surface area contributed by atoms with E-state index in [0.717, 1.165) is 182 Å². The van der Waals surface area contributed by atoms with Crippen molar-refractivity contribution < 1.29 is 58.7 Å². The van der Waals surface area contributed by atoms with Crippen LogP contribution in [0.5, 0.6) is 23.3 Å². The van der Waals surface area contributed by atoms with E-state index in [1.165, 1.54) is 9.80 Å². The van der Waals surface area contributed by atoms with Crippen LogP contribution in [-0.4, -0.2) is 266 Å². The summed E-state index contributed by atoms with van der Waals surface area (Å²) in [5.74, 6) is -0.367. The van der Waals surface area contributed by atoms with Gasteiger partial charge >= 0.3 is 0 Å². The van der Waals surface area contributed by atoms with E-state index in [9.17, 15) is 49.2 Å². The van der Waals surface area contributed by atoms with E-state index in [-0.39, 0.29) is 145 Å². The summed E-state index contributed by atoms with van der Waals surface area (Å²) in [6.45, 7) is 22.3. The van der Waals surface area contributed by atoms with E-state index >= 15 is 0 Å². The minimum absolute atomic E-state index is 0.00816. The Balaban J connectivity index is 0.382. The lowest BCUT2D eigenvalue weighted by Gasteiger charge is -2.60. The highest BCUT2D eigenvalue weighted by atomic mass is 32.1. The summed E-state index contributed by atoms with van der Waals surface area (Å²) in [6.07, 6.45) is 16.4. The number of aromatic nitrogens is 8. The highest BCUT2D eigenvalue weighted by Crippen LogP contribution is 2.61. The van der Waals surface area contributed by atoms with E-state index in [1.807, 2.05) is 170 Å². The molecular weight excluding hydrogens is 1900 g/mol. The largest absolute Gasteiger partial charge is 0.507 e. The number of aryl methyl sites for hydroxylation is 2. The lowest BCUT2D eigenvalue weighted by molar-refractivity contribution is -0.150. The van der Waals surface area contributed by atoms with E-state index in [2.05, 4.69) is 99.2 Å². The number of β-amino-alcohol motifs (C(OH)–C–C–N with tert-alkyl or cyclic N) is 2. The lowest BCUT2D eigenvalue weighted by Crippen LogP contribution is -2.62. The van der Waals surface area contributed by atoms with Crippen LogP contribution in [0.2, 0.25) is 0 Å². The number of nitrogens with zero attached hydrogens (tertiary/aromatic N) is 16. The van der Waals surface area contributed by atoms with Gasteiger partial charge in [0.15, 0.2) is 11.6 Å². The molecule has 6 aromatic heterocycles. The van der Waals surface area contributed by atoms with Crippen molar-refractivity contribution in [3.8, 4) is 77.8 Å². The zero-order valence-corrected chi connectivity index (χ0v) is 86.6. The first kappa shape index (κ1) is 100. The molecule has 4 bridgehead atoms. The van der Waals surface area contributed by atoms with E-state index < -0.39 is 47.2 Å². The van der Waals surface area contributed by atoms with Gasteiger partial charge in [-0.1, -0.05) is 108 Å². The van der Waals surface area contributed by atoms with Crippen LogP contribution >= 0.6 is 22.7 Å². The maximum atomic E-state index is 14.5. The average molecular weight is 2030 g/mol. The molecule has 3 saturated carbocycles. The molecule has 8 saturated heterocycles. The summed E-state index contributed by atoms with van der Waals surface area (Å²) in [4.78, 5) is 123. The highest BCUT2D eigenvalue weighted by Gasteiger charge is 2.58. The quantitative estimate of drug-likeness (QED) is 0.0229. The third-order valence-corrected chi connectivity index (χ3v) is 35.2. The van der Waals surface area contributed by atoms with Crippen LogP contribution in [0.3, 0.4) is 0 Å². The molecule has 3 aliphatic carbocycles. The van der Waals surface area contributed by atoms with E-state index in [0.29, 0.717) is 102 Å². The maximum absolute atomic E-state index is 14.5. The minimum Gasteiger partial charge on any atom is -0.507 e. The number of phenols is 2. The van der Waals surface area contributed by atoms with Crippen LogP contribution in [0.25, 0.3) is 54.5 Å². The molecule has 14 heterocycles. The van der Waals surface area contributed by atoms with Gasteiger partial charge in [0.25, 0.3) is 0 Å². The number of nitrogen functional groups attached to an aromatic ring is 2. The van der Waals surface area contributed by atoms with Crippen LogP contribution in [0.1, 0.15) is 180 Å². The summed E-state index contributed by atoms with van der Waals surface area (Å²) >= 11 is 3.16. The molecular formula is C111H136N22O12S2. The van der Waals surface area contributed by atoms with Crippen LogP contribution in [-0.2, 0) is 41.9 Å². The molecule has 147 heavy (non-hydrogen) atoms. The van der Waals surface area contributed by atoms with Gasteiger partial charge in [-0.25, -0.2) is 19.9 Å². The van der Waals surface area contributed by atoms with Gasteiger partial charge < -0.3 is 102 Å². The lowest BCUT2D eigenvalue weighted by atomic mass is 9.49. The van der Waals surface area contributed by atoms with Gasteiger partial charge in [-0.2, -0.15) is 0 Å². The predicted octanol–water partition coefficient (Wildman–Crippen LogP) is 12.6. The van der Waals surface area contributed by atoms with Gasteiger partial charge in [0.1, 0.15) is 47.9 Å². The van der Waals surface area contributed by atoms with Crippen molar-refractivity contribution in [2.45, 2.75) is 269 Å². The number of aliphatic hydroxyl groups excluding tert-OH is 2. The molecule has 10 aromatic rings. The van der Waals surface area contributed by atoms with Gasteiger partial charge in [0.05, 0.1) is 79.0 Å². The Labute approximate surface area is 865 Å². The molecule has 34 nitrogen and oxygen atoms in total. The third kappa shape index (κ3) is 21.1. The molecule has 10 atom stereocenters. The average Bonchev–Trinajstić information content (AvgIpc) is 1.72. The first-order valence-corrected chi connectivity index (χ1v) is 54.3. The number of anilines is 6. The van der Waals surface area contributed by atoms with Crippen molar-refractivity contribution in [2.24, 2.45) is 28.1 Å². The summed E-state index contributed by atoms with van der Waals surface area (Å²) < 4.78 is 13.3. The number of carbonyl (C=O) groups excluding carboxylic acids is 6. The van der Waals surface area contributed by atoms with Crippen molar-refractivity contribution in [3.05, 3.63) is 167 Å². The number of likely N-dealkylation sites (tertiary alicyclic amines) is 4. The fraction of sp³-hybridized carbons (Fsp3) is 0.514. The molecule has 36 heteroatoms. The second kappa shape index (κ2) is 41.4. The second-order valence-electron chi connectivity index (χ2n) is 45.2. The first-order chi connectivity index (χ1) is 70.7. The molecule has 774 valence electrons. The number of carbonyl (C=O) groups is 6. The first-order valence-electron chi connectivity index (χ1n) is 52.6. The van der Waals surface area contributed by atoms with Crippen LogP contribution in [0, 0.1) is 41.9 Å². The van der Waals surface area contributed by atoms with Crippen molar-refractivity contribution in [1.82, 2.24) is 81.2 Å². The van der Waals surface area contributed by atoms with Gasteiger partial charge in [-0.15, -0.1) is 43.1 Å². The number of piperazine rings is 2. The molecule has 8 aliphatic heterocycles. The smallest absolute Gasteiger partial charge is 0.246 e. The Morgan fingerprint density at radius 2 is 0.925 bits per heavy atom. The molecule has 6 amide bonds. The molecule has 4 aromatic carbocycles. The molecule has 1 spiro atoms. The number of pyridine rings is 2. The number of para-hydroxylation sites is 1.